The third-order valence-corrected chi connectivity index (χ3v) is 14.0. The molecule has 0 radical (unpaired) electrons. The van der Waals surface area contributed by atoms with E-state index in [1.807, 2.05) is 0 Å². The summed E-state index contributed by atoms with van der Waals surface area (Å²) in [6, 6.07) is 0. The van der Waals surface area contributed by atoms with Crippen molar-refractivity contribution < 1.29 is 28.6 Å². The summed E-state index contributed by atoms with van der Waals surface area (Å²) in [6.45, 7) is 6.61. The number of esters is 3. The van der Waals surface area contributed by atoms with Crippen molar-refractivity contribution in [3.05, 3.63) is 60.8 Å². The van der Waals surface area contributed by atoms with E-state index >= 15 is 0 Å². The zero-order valence-electron chi connectivity index (χ0n) is 48.7. The van der Waals surface area contributed by atoms with Gasteiger partial charge in [-0.25, -0.2) is 0 Å². The average Bonchev–Trinajstić information content (AvgIpc) is 3.39. The molecule has 0 aliphatic rings. The van der Waals surface area contributed by atoms with E-state index in [4.69, 9.17) is 14.2 Å². The molecule has 1 atom stereocenters. The van der Waals surface area contributed by atoms with Crippen LogP contribution in [0.5, 0.6) is 0 Å². The zero-order valence-corrected chi connectivity index (χ0v) is 48.7. The Morgan fingerprint density at radius 1 is 0.274 bits per heavy atom. The van der Waals surface area contributed by atoms with Crippen molar-refractivity contribution in [2.24, 2.45) is 0 Å². The summed E-state index contributed by atoms with van der Waals surface area (Å²) >= 11 is 0. The number of carbonyl (C=O) groups excluding carboxylic acids is 3. The molecule has 0 amide bonds. The maximum atomic E-state index is 12.9. The normalized spacial score (nSPS) is 12.4. The molecule has 0 N–H and O–H groups in total. The Morgan fingerprint density at radius 2 is 0.507 bits per heavy atom. The molecule has 0 heterocycles. The minimum Gasteiger partial charge on any atom is -0.462 e. The second-order valence-corrected chi connectivity index (χ2v) is 21.3. The molecule has 0 saturated heterocycles. The average molecular weight is 1020 g/mol. The van der Waals surface area contributed by atoms with Crippen LogP contribution >= 0.6 is 0 Å². The van der Waals surface area contributed by atoms with Crippen LogP contribution in [0.3, 0.4) is 0 Å². The van der Waals surface area contributed by atoms with E-state index in [0.29, 0.717) is 19.3 Å². The number of unbranched alkanes of at least 4 members (excludes halogenated alkanes) is 37. The number of hydrogen-bond donors (Lipinski definition) is 0. The van der Waals surface area contributed by atoms with Crippen molar-refractivity contribution >= 4 is 17.9 Å². The first-order valence-corrected chi connectivity index (χ1v) is 31.8. The molecule has 0 aromatic carbocycles. The third kappa shape index (κ3) is 59.9. The first-order valence-electron chi connectivity index (χ1n) is 31.8. The maximum Gasteiger partial charge on any atom is 0.306 e. The lowest BCUT2D eigenvalue weighted by Crippen LogP contribution is -2.30. The van der Waals surface area contributed by atoms with Crippen LogP contribution in [-0.4, -0.2) is 37.2 Å². The monoisotopic (exact) mass is 1020 g/mol. The lowest BCUT2D eigenvalue weighted by molar-refractivity contribution is -0.167. The second kappa shape index (κ2) is 61.7. The number of allylic oxidation sites excluding steroid dienone is 10. The molecule has 0 rings (SSSR count). The highest BCUT2D eigenvalue weighted by molar-refractivity contribution is 5.71. The molecule has 0 fully saturated rings. The highest BCUT2D eigenvalue weighted by Gasteiger charge is 2.19. The van der Waals surface area contributed by atoms with E-state index < -0.39 is 6.10 Å². The van der Waals surface area contributed by atoms with E-state index in [-0.39, 0.29) is 37.5 Å². The van der Waals surface area contributed by atoms with Gasteiger partial charge in [0, 0.05) is 19.3 Å². The molecule has 0 aliphatic carbocycles. The van der Waals surface area contributed by atoms with Gasteiger partial charge in [0.1, 0.15) is 13.2 Å². The first-order chi connectivity index (χ1) is 36.0. The molecular formula is C67H120O6. The third-order valence-electron chi connectivity index (χ3n) is 14.0. The molecular weight excluding hydrogens is 901 g/mol. The maximum absolute atomic E-state index is 12.9. The van der Waals surface area contributed by atoms with Gasteiger partial charge in [-0.1, -0.05) is 287 Å². The van der Waals surface area contributed by atoms with Crippen LogP contribution in [0.15, 0.2) is 60.8 Å². The predicted molar refractivity (Wildman–Crippen MR) is 316 cm³/mol. The van der Waals surface area contributed by atoms with E-state index in [0.717, 1.165) is 64.2 Å². The van der Waals surface area contributed by atoms with Crippen LogP contribution in [0.1, 0.15) is 329 Å². The fourth-order valence-electron chi connectivity index (χ4n) is 9.20. The predicted octanol–water partition coefficient (Wildman–Crippen LogP) is 21.6. The van der Waals surface area contributed by atoms with E-state index in [2.05, 4.69) is 81.5 Å². The van der Waals surface area contributed by atoms with Crippen molar-refractivity contribution in [1.82, 2.24) is 0 Å². The molecule has 0 unspecified atom stereocenters. The summed E-state index contributed by atoms with van der Waals surface area (Å²) in [6.07, 6.45) is 78.0. The smallest absolute Gasteiger partial charge is 0.306 e. The van der Waals surface area contributed by atoms with Gasteiger partial charge in [0.15, 0.2) is 6.10 Å². The molecule has 6 nitrogen and oxygen atoms in total. The molecule has 424 valence electrons. The van der Waals surface area contributed by atoms with Crippen LogP contribution < -0.4 is 0 Å². The Labute approximate surface area is 453 Å². The van der Waals surface area contributed by atoms with Gasteiger partial charge in [0.05, 0.1) is 0 Å². The SMILES string of the molecule is CCCCC/C=C\C/C=C\C/C=C\C/C=C\CCCC(=O)OC[C@H](COC(=O)CCCCCCCCC/C=C\CCCCCCCCCC)OC(=O)CCCCCCCCCCCCCCCCCCCCC. The molecule has 0 aromatic heterocycles. The van der Waals surface area contributed by atoms with Crippen LogP contribution in [-0.2, 0) is 28.6 Å². The lowest BCUT2D eigenvalue weighted by Gasteiger charge is -2.18. The summed E-state index contributed by atoms with van der Waals surface area (Å²) in [7, 11) is 0. The zero-order chi connectivity index (χ0) is 52.9. The summed E-state index contributed by atoms with van der Waals surface area (Å²) in [5.41, 5.74) is 0. The van der Waals surface area contributed by atoms with Gasteiger partial charge in [-0.15, -0.1) is 0 Å². The van der Waals surface area contributed by atoms with Gasteiger partial charge in [-0.3, -0.25) is 14.4 Å². The Kier molecular flexibility index (Phi) is 59.2. The van der Waals surface area contributed by atoms with Gasteiger partial charge in [0.25, 0.3) is 0 Å². The van der Waals surface area contributed by atoms with Crippen molar-refractivity contribution in [2.75, 3.05) is 13.2 Å². The van der Waals surface area contributed by atoms with Gasteiger partial charge in [-0.2, -0.15) is 0 Å². The molecule has 0 bridgehead atoms. The molecule has 0 spiro atoms. The molecule has 0 aromatic rings. The van der Waals surface area contributed by atoms with Crippen molar-refractivity contribution in [3.63, 3.8) is 0 Å². The fourth-order valence-corrected chi connectivity index (χ4v) is 9.20. The number of carbonyl (C=O) groups is 3. The standard InChI is InChI=1S/C67H120O6/c1-4-7-10-13-16-19-22-25-28-31-33-36-39-42-45-48-51-54-57-60-66(69)72-63-64(62-71-65(68)59-56-53-50-47-44-41-38-35-30-27-24-21-18-15-12-9-6-3)73-67(70)61-58-55-52-49-46-43-40-37-34-32-29-26-23-20-17-14-11-8-5-2/h18,21,27,30-31,33,38,41,47,50,64H,4-17,19-20,22-26,28-29,32,34-37,39-40,42-46,48-49,51-63H2,1-3H3/b21-18-,30-27-,33-31-,41-38-,50-47-/t64-/m1/s1. The Bertz CT molecular complexity index is 1310. The lowest BCUT2D eigenvalue weighted by atomic mass is 10.0. The van der Waals surface area contributed by atoms with Crippen molar-refractivity contribution in [2.45, 2.75) is 335 Å². The summed E-state index contributed by atoms with van der Waals surface area (Å²) < 4.78 is 16.9. The molecule has 0 aliphatic heterocycles. The summed E-state index contributed by atoms with van der Waals surface area (Å²) in [4.78, 5) is 38.3. The number of hydrogen-bond acceptors (Lipinski definition) is 6. The molecule has 0 saturated carbocycles. The van der Waals surface area contributed by atoms with Gasteiger partial charge < -0.3 is 14.2 Å². The van der Waals surface area contributed by atoms with E-state index in [9.17, 15) is 14.4 Å². The van der Waals surface area contributed by atoms with Crippen LogP contribution in [0.25, 0.3) is 0 Å². The topological polar surface area (TPSA) is 78.9 Å². The molecule has 6 heteroatoms. The van der Waals surface area contributed by atoms with Crippen molar-refractivity contribution in [1.29, 1.82) is 0 Å². The Balaban J connectivity index is 4.42. The van der Waals surface area contributed by atoms with Crippen LogP contribution in [0, 0.1) is 0 Å². The quantitative estimate of drug-likeness (QED) is 0.0261. The minimum atomic E-state index is -0.797. The van der Waals surface area contributed by atoms with Crippen molar-refractivity contribution in [3.8, 4) is 0 Å². The van der Waals surface area contributed by atoms with Gasteiger partial charge in [-0.05, 0) is 83.5 Å². The highest BCUT2D eigenvalue weighted by atomic mass is 16.6. The molecule has 73 heavy (non-hydrogen) atoms. The van der Waals surface area contributed by atoms with Crippen LogP contribution in [0.4, 0.5) is 0 Å². The number of rotatable bonds is 58. The first kappa shape index (κ1) is 70.1. The van der Waals surface area contributed by atoms with E-state index in [1.54, 1.807) is 0 Å². The minimum absolute atomic E-state index is 0.0904. The second-order valence-electron chi connectivity index (χ2n) is 21.3. The summed E-state index contributed by atoms with van der Waals surface area (Å²) in [5, 5.41) is 0. The fraction of sp³-hybridized carbons (Fsp3) is 0.806. The number of ether oxygens (including phenoxy) is 3. The largest absolute Gasteiger partial charge is 0.462 e. The summed E-state index contributed by atoms with van der Waals surface area (Å²) in [5.74, 6) is -0.934. The van der Waals surface area contributed by atoms with Crippen LogP contribution in [0.2, 0.25) is 0 Å². The Morgan fingerprint density at radius 3 is 0.863 bits per heavy atom. The Hall–Kier alpha value is -2.89. The highest BCUT2D eigenvalue weighted by Crippen LogP contribution is 2.17. The van der Waals surface area contributed by atoms with Gasteiger partial charge in [0.2, 0.25) is 0 Å². The van der Waals surface area contributed by atoms with E-state index in [1.165, 1.54) is 218 Å². The van der Waals surface area contributed by atoms with Gasteiger partial charge >= 0.3 is 17.9 Å².